The second-order valence-corrected chi connectivity index (χ2v) is 7.55. The molecule has 1 N–H and O–H groups in total. The summed E-state index contributed by atoms with van der Waals surface area (Å²) < 4.78 is 2.04. The number of hydrogen-bond donors (Lipinski definition) is 1. The van der Waals surface area contributed by atoms with Gasteiger partial charge >= 0.3 is 0 Å². The molecule has 1 amide bonds. The van der Waals surface area contributed by atoms with Gasteiger partial charge < -0.3 is 10.2 Å². The molecule has 2 aromatic carbocycles. The Labute approximate surface area is 176 Å². The van der Waals surface area contributed by atoms with E-state index in [0.717, 1.165) is 35.7 Å². The number of carbonyl (C=O) groups excluding carboxylic acids is 1. The molecule has 152 valence electrons. The van der Waals surface area contributed by atoms with E-state index in [4.69, 9.17) is 0 Å². The minimum absolute atomic E-state index is 0.0422. The van der Waals surface area contributed by atoms with Crippen LogP contribution in [0.25, 0.3) is 17.1 Å². The van der Waals surface area contributed by atoms with Crippen LogP contribution in [0, 0.1) is 6.92 Å². The zero-order chi connectivity index (χ0) is 20.8. The molecular weight excluding hydrogens is 382 g/mol. The fraction of sp³-hybridized carbons (Fsp3) is 0.318. The summed E-state index contributed by atoms with van der Waals surface area (Å²) in [5.74, 6) is 1.02. The monoisotopic (exact) mass is 409 g/mol. The van der Waals surface area contributed by atoms with E-state index in [9.17, 15) is 4.79 Å². The number of para-hydroxylation sites is 1. The summed E-state index contributed by atoms with van der Waals surface area (Å²) in [4.78, 5) is 14.0. The maximum atomic E-state index is 11.7. The Morgan fingerprint density at radius 3 is 2.38 bits per heavy atom. The van der Waals surface area contributed by atoms with E-state index in [1.165, 1.54) is 17.4 Å². The predicted molar refractivity (Wildman–Crippen MR) is 120 cm³/mol. The fourth-order valence-electron chi connectivity index (χ4n) is 3.19. The maximum absolute atomic E-state index is 11.7. The molecule has 0 aliphatic carbocycles. The van der Waals surface area contributed by atoms with Crippen LogP contribution < -0.4 is 10.2 Å². The lowest BCUT2D eigenvalue weighted by atomic mass is 10.1. The molecular formula is C22H27N5OS. The molecule has 1 aromatic heterocycles. The molecule has 0 unspecified atom stereocenters. The lowest BCUT2D eigenvalue weighted by molar-refractivity contribution is -0.118. The molecule has 0 bridgehead atoms. The number of hydrogen-bond acceptors (Lipinski definition) is 5. The zero-order valence-corrected chi connectivity index (χ0v) is 18.2. The molecule has 0 fully saturated rings. The van der Waals surface area contributed by atoms with Gasteiger partial charge in [-0.3, -0.25) is 9.36 Å². The van der Waals surface area contributed by atoms with Gasteiger partial charge in [-0.1, -0.05) is 30.0 Å². The third-order valence-electron chi connectivity index (χ3n) is 4.86. The van der Waals surface area contributed by atoms with Crippen molar-refractivity contribution in [3.63, 3.8) is 0 Å². The third-order valence-corrected chi connectivity index (χ3v) is 5.78. The van der Waals surface area contributed by atoms with E-state index in [-0.39, 0.29) is 5.91 Å². The van der Waals surface area contributed by atoms with Crippen LogP contribution in [0.4, 0.5) is 5.69 Å². The lowest BCUT2D eigenvalue weighted by Crippen LogP contribution is -2.21. The van der Waals surface area contributed by atoms with E-state index in [1.807, 2.05) is 16.7 Å². The topological polar surface area (TPSA) is 63.1 Å². The van der Waals surface area contributed by atoms with Crippen molar-refractivity contribution in [1.29, 1.82) is 0 Å². The first-order valence-electron chi connectivity index (χ1n) is 9.79. The lowest BCUT2D eigenvalue weighted by Gasteiger charge is -2.21. The molecule has 0 aliphatic rings. The van der Waals surface area contributed by atoms with Crippen molar-refractivity contribution in [3.05, 3.63) is 54.1 Å². The molecule has 0 spiro atoms. The third kappa shape index (κ3) is 4.62. The van der Waals surface area contributed by atoms with Gasteiger partial charge in [-0.25, -0.2) is 0 Å². The number of rotatable bonds is 8. The summed E-state index contributed by atoms with van der Waals surface area (Å²) in [7, 11) is 1.64. The number of carbonyl (C=O) groups is 1. The number of nitrogens with one attached hydrogen (secondary N) is 1. The van der Waals surface area contributed by atoms with Gasteiger partial charge in [0.05, 0.1) is 11.4 Å². The van der Waals surface area contributed by atoms with Gasteiger partial charge in [-0.2, -0.15) is 0 Å². The molecule has 0 radical (unpaired) electrons. The molecule has 3 aromatic rings. The Balaban J connectivity index is 2.03. The van der Waals surface area contributed by atoms with Gasteiger partial charge in [0.1, 0.15) is 0 Å². The van der Waals surface area contributed by atoms with Crippen molar-refractivity contribution in [3.8, 4) is 17.1 Å². The molecule has 0 atom stereocenters. The second-order valence-electron chi connectivity index (χ2n) is 6.61. The van der Waals surface area contributed by atoms with Crippen LogP contribution in [-0.2, 0) is 4.79 Å². The Hall–Kier alpha value is -2.80. The predicted octanol–water partition coefficient (Wildman–Crippen LogP) is 3.93. The van der Waals surface area contributed by atoms with Gasteiger partial charge in [0.15, 0.2) is 11.0 Å². The summed E-state index contributed by atoms with van der Waals surface area (Å²) >= 11 is 1.38. The van der Waals surface area contributed by atoms with E-state index in [0.29, 0.717) is 10.9 Å². The van der Waals surface area contributed by atoms with Gasteiger partial charge in [0.2, 0.25) is 5.91 Å². The number of aromatic nitrogens is 3. The molecule has 3 rings (SSSR count). The van der Waals surface area contributed by atoms with E-state index >= 15 is 0 Å². The first-order valence-corrected chi connectivity index (χ1v) is 10.8. The molecule has 6 nitrogen and oxygen atoms in total. The van der Waals surface area contributed by atoms with Crippen LogP contribution in [0.2, 0.25) is 0 Å². The Kier molecular flexibility index (Phi) is 6.93. The van der Waals surface area contributed by atoms with Gasteiger partial charge in [0, 0.05) is 31.4 Å². The van der Waals surface area contributed by atoms with E-state index < -0.39 is 0 Å². The molecule has 1 heterocycles. The number of benzene rings is 2. The molecule has 29 heavy (non-hydrogen) atoms. The molecule has 0 saturated carbocycles. The maximum Gasteiger partial charge on any atom is 0.230 e. The highest BCUT2D eigenvalue weighted by Crippen LogP contribution is 2.30. The zero-order valence-electron chi connectivity index (χ0n) is 17.3. The molecule has 0 saturated heterocycles. The number of aryl methyl sites for hydroxylation is 1. The van der Waals surface area contributed by atoms with Crippen molar-refractivity contribution < 1.29 is 4.79 Å². The summed E-state index contributed by atoms with van der Waals surface area (Å²) in [6.45, 7) is 8.31. The quantitative estimate of drug-likeness (QED) is 0.571. The van der Waals surface area contributed by atoms with Crippen LogP contribution >= 0.6 is 11.8 Å². The first-order chi connectivity index (χ1) is 14.1. The average Bonchev–Trinajstić information content (AvgIpc) is 3.17. The van der Waals surface area contributed by atoms with Crippen LogP contribution in [-0.4, -0.2) is 46.6 Å². The number of amides is 1. The highest BCUT2D eigenvalue weighted by atomic mass is 32.2. The minimum atomic E-state index is -0.0422. The Morgan fingerprint density at radius 1 is 1.07 bits per heavy atom. The van der Waals surface area contributed by atoms with Crippen molar-refractivity contribution >= 4 is 23.4 Å². The normalized spacial score (nSPS) is 10.8. The summed E-state index contributed by atoms with van der Waals surface area (Å²) in [6, 6.07) is 16.5. The van der Waals surface area contributed by atoms with Gasteiger partial charge in [0.25, 0.3) is 0 Å². The highest BCUT2D eigenvalue weighted by Gasteiger charge is 2.18. The smallest absolute Gasteiger partial charge is 0.230 e. The van der Waals surface area contributed by atoms with Crippen molar-refractivity contribution in [2.24, 2.45) is 0 Å². The van der Waals surface area contributed by atoms with Crippen molar-refractivity contribution in [2.75, 3.05) is 30.8 Å². The number of anilines is 1. The Bertz CT molecular complexity index is 964. The van der Waals surface area contributed by atoms with Crippen LogP contribution in [0.5, 0.6) is 0 Å². The summed E-state index contributed by atoms with van der Waals surface area (Å²) in [5, 5.41) is 12.2. The average molecular weight is 410 g/mol. The first kappa shape index (κ1) is 20.9. The molecule has 0 aliphatic heterocycles. The minimum Gasteiger partial charge on any atom is -0.372 e. The fourth-order valence-corrected chi connectivity index (χ4v) is 4.01. The number of thioether (sulfide) groups is 1. The second kappa shape index (κ2) is 9.60. The highest BCUT2D eigenvalue weighted by molar-refractivity contribution is 7.99. The SMILES string of the molecule is CCN(CC)c1ccc(-c2nnc(SCC(=O)NC)n2-c2ccccc2C)cc1. The van der Waals surface area contributed by atoms with Crippen molar-refractivity contribution in [1.82, 2.24) is 20.1 Å². The van der Waals surface area contributed by atoms with Gasteiger partial charge in [-0.15, -0.1) is 10.2 Å². The largest absolute Gasteiger partial charge is 0.372 e. The van der Waals surface area contributed by atoms with Gasteiger partial charge in [-0.05, 0) is 56.7 Å². The van der Waals surface area contributed by atoms with E-state index in [2.05, 4.69) is 77.6 Å². The summed E-state index contributed by atoms with van der Waals surface area (Å²) in [6.07, 6.45) is 0. The number of nitrogens with zero attached hydrogens (tertiary/aromatic N) is 4. The van der Waals surface area contributed by atoms with E-state index in [1.54, 1.807) is 7.05 Å². The van der Waals surface area contributed by atoms with Crippen molar-refractivity contribution in [2.45, 2.75) is 25.9 Å². The van der Waals surface area contributed by atoms with Crippen LogP contribution in [0.3, 0.4) is 0 Å². The summed E-state index contributed by atoms with van der Waals surface area (Å²) in [5.41, 5.74) is 4.31. The Morgan fingerprint density at radius 2 is 1.76 bits per heavy atom. The standard InChI is InChI=1S/C22H27N5OS/c1-5-26(6-2)18-13-11-17(12-14-18)21-24-25-22(29-15-20(28)23-4)27(21)19-10-8-7-9-16(19)3/h7-14H,5-6,15H2,1-4H3,(H,23,28). The van der Waals surface area contributed by atoms with Crippen LogP contribution in [0.15, 0.2) is 53.7 Å². The molecule has 7 heteroatoms. The van der Waals surface area contributed by atoms with Crippen LogP contribution in [0.1, 0.15) is 19.4 Å².